The molecule has 1 fully saturated rings. The second-order valence-corrected chi connectivity index (χ2v) is 9.92. The average Bonchev–Trinajstić information content (AvgIpc) is 2.83. The summed E-state index contributed by atoms with van der Waals surface area (Å²) in [6.45, 7) is 11.8. The minimum atomic E-state index is -0.263. The van der Waals surface area contributed by atoms with Crippen LogP contribution in [0, 0.1) is 12.3 Å². The molecule has 0 radical (unpaired) electrons. The predicted octanol–water partition coefficient (Wildman–Crippen LogP) is 5.41. The van der Waals surface area contributed by atoms with Gasteiger partial charge in [-0.1, -0.05) is 13.0 Å². The number of hydrogen-bond donors (Lipinski definition) is 3. The van der Waals surface area contributed by atoms with Crippen LogP contribution in [0.3, 0.4) is 0 Å². The van der Waals surface area contributed by atoms with Gasteiger partial charge in [-0.2, -0.15) is 0 Å². The Balaban J connectivity index is 0.000000236. The number of nitrogens with two attached hydrogens (primary N) is 1. The number of carbonyl (C=O) groups is 1. The normalized spacial score (nSPS) is 17.5. The van der Waals surface area contributed by atoms with Gasteiger partial charge in [0.25, 0.3) is 0 Å². The molecule has 1 spiro atoms. The first kappa shape index (κ1) is 27.3. The van der Waals surface area contributed by atoms with Crippen molar-refractivity contribution in [2.75, 3.05) is 25.9 Å². The number of allylic oxidation sites excluding steroid dienone is 1. The van der Waals surface area contributed by atoms with E-state index in [2.05, 4.69) is 42.4 Å². The molecule has 0 atom stereocenters. The number of nitrogens with one attached hydrogen (secondary N) is 2. The van der Waals surface area contributed by atoms with Crippen LogP contribution in [0.4, 0.5) is 5.69 Å². The molecule has 0 bridgehead atoms. The maximum Gasteiger partial charge on any atom is 0.183 e. The topological polar surface area (TPSA) is 101 Å². The number of fused-ring (bicyclic) bond motifs is 1. The number of ether oxygens (including phenoxy) is 2. The van der Waals surface area contributed by atoms with Gasteiger partial charge in [0.1, 0.15) is 17.8 Å². The Labute approximate surface area is 215 Å². The third-order valence-electron chi connectivity index (χ3n) is 6.43. The molecule has 2 aromatic carbocycles. The number of anilines is 1. The molecule has 1 saturated heterocycles. The largest absolute Gasteiger partial charge is 0.491 e. The van der Waals surface area contributed by atoms with Crippen LogP contribution in [0.25, 0.3) is 5.70 Å². The fraction of sp³-hybridized carbons (Fsp3) is 0.448. The Kier molecular flexibility index (Phi) is 8.79. The van der Waals surface area contributed by atoms with E-state index in [1.54, 1.807) is 19.1 Å². The van der Waals surface area contributed by atoms with Crippen molar-refractivity contribution in [3.8, 4) is 11.5 Å². The Morgan fingerprint density at radius 3 is 2.56 bits per heavy atom. The van der Waals surface area contributed by atoms with E-state index < -0.39 is 0 Å². The van der Waals surface area contributed by atoms with E-state index in [0.29, 0.717) is 22.5 Å². The van der Waals surface area contributed by atoms with E-state index in [-0.39, 0.29) is 11.8 Å². The molecule has 7 heteroatoms. The van der Waals surface area contributed by atoms with Gasteiger partial charge in [0.2, 0.25) is 0 Å². The van der Waals surface area contributed by atoms with Gasteiger partial charge < -0.3 is 30.8 Å². The monoisotopic (exact) mass is 492 g/mol. The number of aldehydes is 1. The summed E-state index contributed by atoms with van der Waals surface area (Å²) in [7, 11) is 2.17. The van der Waals surface area contributed by atoms with Crippen LogP contribution in [0.5, 0.6) is 11.5 Å². The molecule has 36 heavy (non-hydrogen) atoms. The number of nitrogens with zero attached hydrogens (tertiary/aromatic N) is 1. The van der Waals surface area contributed by atoms with Crippen LogP contribution in [0.2, 0.25) is 0 Å². The third-order valence-corrected chi connectivity index (χ3v) is 6.43. The second kappa shape index (κ2) is 11.6. The molecule has 0 aromatic heterocycles. The lowest BCUT2D eigenvalue weighted by Gasteiger charge is -2.45. The third kappa shape index (κ3) is 6.46. The fourth-order valence-electron chi connectivity index (χ4n) is 4.48. The van der Waals surface area contributed by atoms with Gasteiger partial charge in [0, 0.05) is 59.7 Å². The maximum atomic E-state index is 10.5. The second-order valence-electron chi connectivity index (χ2n) is 9.92. The quantitative estimate of drug-likeness (QED) is 0.293. The number of rotatable bonds is 5. The standard InChI is InChI=1S/C19H28N2O2.C10H12N2O/c1-5-6-17-16-13-15(22-14(2)3)7-8-18(16)23-19(20-17)9-11-21(4)12-10-19;1-6-3-8(5-13)4-9(7(2)11)10(6)12/h6-8,13-14,20H,5,9-12H2,1-4H3;3-5,11H,12H2,1-2H3/b17-6+;. The molecular formula is C29H40N4O3. The molecule has 2 aliphatic rings. The zero-order valence-corrected chi connectivity index (χ0v) is 22.4. The molecule has 4 N–H and O–H groups in total. The van der Waals surface area contributed by atoms with Crippen molar-refractivity contribution >= 4 is 23.4 Å². The first-order chi connectivity index (χ1) is 17.1. The highest BCUT2D eigenvalue weighted by Gasteiger charge is 2.40. The molecule has 2 heterocycles. The molecule has 0 amide bonds. The highest BCUT2D eigenvalue weighted by Crippen LogP contribution is 2.40. The molecule has 0 unspecified atom stereocenters. The predicted molar refractivity (Wildman–Crippen MR) is 147 cm³/mol. The van der Waals surface area contributed by atoms with Gasteiger partial charge in [0.05, 0.1) is 6.10 Å². The maximum absolute atomic E-state index is 10.5. The van der Waals surface area contributed by atoms with Gasteiger partial charge >= 0.3 is 0 Å². The van der Waals surface area contributed by atoms with Crippen LogP contribution >= 0.6 is 0 Å². The van der Waals surface area contributed by atoms with Crippen LogP contribution in [-0.2, 0) is 0 Å². The van der Waals surface area contributed by atoms with Crippen LogP contribution in [0.1, 0.15) is 74.0 Å². The van der Waals surface area contributed by atoms with E-state index in [4.69, 9.17) is 20.6 Å². The molecular weight excluding hydrogens is 452 g/mol. The summed E-state index contributed by atoms with van der Waals surface area (Å²) in [6, 6.07) is 9.51. The summed E-state index contributed by atoms with van der Waals surface area (Å²) < 4.78 is 12.3. The van der Waals surface area contributed by atoms with Crippen molar-refractivity contribution in [1.29, 1.82) is 5.41 Å². The van der Waals surface area contributed by atoms with E-state index >= 15 is 0 Å². The molecule has 194 valence electrons. The summed E-state index contributed by atoms with van der Waals surface area (Å²) in [4.78, 5) is 12.9. The van der Waals surface area contributed by atoms with E-state index in [1.165, 1.54) is 5.70 Å². The molecule has 0 saturated carbocycles. The van der Waals surface area contributed by atoms with E-state index in [0.717, 1.165) is 61.3 Å². The summed E-state index contributed by atoms with van der Waals surface area (Å²) in [6.07, 6.45) is 6.17. The van der Waals surface area contributed by atoms with E-state index in [9.17, 15) is 4.79 Å². The highest BCUT2D eigenvalue weighted by molar-refractivity contribution is 6.02. The number of hydrogen-bond acceptors (Lipinski definition) is 7. The van der Waals surface area contributed by atoms with Crippen molar-refractivity contribution in [3.05, 3.63) is 58.7 Å². The first-order valence-corrected chi connectivity index (χ1v) is 12.6. The van der Waals surface area contributed by atoms with Gasteiger partial charge in [-0.15, -0.1) is 0 Å². The number of piperidine rings is 1. The SMILES string of the molecule is CC(=N)c1cc(C=O)cc(C)c1N.CC/C=C1/NC2(CCN(C)CC2)Oc2ccc(OC(C)C)cc21. The Morgan fingerprint density at radius 1 is 1.28 bits per heavy atom. The van der Waals surface area contributed by atoms with Gasteiger partial charge in [-0.05, 0) is 77.1 Å². The number of aryl methyl sites for hydroxylation is 1. The van der Waals surface area contributed by atoms with Gasteiger partial charge in [-0.25, -0.2) is 0 Å². The van der Waals surface area contributed by atoms with E-state index in [1.807, 2.05) is 26.8 Å². The van der Waals surface area contributed by atoms with Crippen molar-refractivity contribution in [1.82, 2.24) is 10.2 Å². The number of likely N-dealkylation sites (tertiary alicyclic amines) is 1. The minimum absolute atomic E-state index is 0.171. The average molecular weight is 493 g/mol. The molecule has 2 aliphatic heterocycles. The molecule has 7 nitrogen and oxygen atoms in total. The van der Waals surface area contributed by atoms with Crippen LogP contribution in [-0.4, -0.2) is 48.9 Å². The Bertz CT molecular complexity index is 1130. The number of nitrogen functional groups attached to an aromatic ring is 1. The first-order valence-electron chi connectivity index (χ1n) is 12.6. The lowest BCUT2D eigenvalue weighted by atomic mass is 9.95. The zero-order chi connectivity index (χ0) is 26.5. The van der Waals surface area contributed by atoms with Gasteiger partial charge in [-0.3, -0.25) is 4.79 Å². The summed E-state index contributed by atoms with van der Waals surface area (Å²) in [5.41, 5.74) is 10.8. The Hall–Kier alpha value is -3.32. The smallest absolute Gasteiger partial charge is 0.183 e. The van der Waals surface area contributed by atoms with Gasteiger partial charge in [0.15, 0.2) is 5.72 Å². The lowest BCUT2D eigenvalue weighted by molar-refractivity contribution is -0.0132. The highest BCUT2D eigenvalue weighted by atomic mass is 16.5. The zero-order valence-electron chi connectivity index (χ0n) is 22.4. The number of benzene rings is 2. The van der Waals surface area contributed by atoms with Crippen LogP contribution in [0.15, 0.2) is 36.4 Å². The molecule has 0 aliphatic carbocycles. The Morgan fingerprint density at radius 2 is 1.97 bits per heavy atom. The fourth-order valence-corrected chi connectivity index (χ4v) is 4.48. The van der Waals surface area contributed by atoms with Crippen LogP contribution < -0.4 is 20.5 Å². The van der Waals surface area contributed by atoms with Crippen molar-refractivity contribution in [2.45, 2.75) is 65.7 Å². The molecule has 4 rings (SSSR count). The lowest BCUT2D eigenvalue weighted by Crippen LogP contribution is -2.57. The summed E-state index contributed by atoms with van der Waals surface area (Å²) >= 11 is 0. The van der Waals surface area contributed by atoms with Crippen molar-refractivity contribution < 1.29 is 14.3 Å². The molecule has 2 aromatic rings. The minimum Gasteiger partial charge on any atom is -0.491 e. The summed E-state index contributed by atoms with van der Waals surface area (Å²) in [5.74, 6) is 1.86. The van der Waals surface area contributed by atoms with Crippen molar-refractivity contribution in [2.24, 2.45) is 0 Å². The van der Waals surface area contributed by atoms with Crippen molar-refractivity contribution in [3.63, 3.8) is 0 Å². The summed E-state index contributed by atoms with van der Waals surface area (Å²) in [5, 5.41) is 11.1. The number of carbonyl (C=O) groups excluding carboxylic acids is 1.